The Morgan fingerprint density at radius 3 is 1.26 bits per heavy atom. The second-order valence-electron chi connectivity index (χ2n) is 20.9. The maximum absolute atomic E-state index is 13.0. The second kappa shape index (κ2) is 44.4. The van der Waals surface area contributed by atoms with Gasteiger partial charge in [-0.2, -0.15) is 0 Å². The second-order valence-corrected chi connectivity index (χ2v) is 20.9. The van der Waals surface area contributed by atoms with Gasteiger partial charge in [-0.3, -0.25) is 4.79 Å². The van der Waals surface area contributed by atoms with E-state index in [1.54, 1.807) is 6.08 Å². The van der Waals surface area contributed by atoms with Gasteiger partial charge in [0.1, 0.15) is 55.4 Å². The summed E-state index contributed by atoms with van der Waals surface area (Å²) in [4.78, 5) is 25.8. The molecule has 2 rings (SSSR count). The lowest BCUT2D eigenvalue weighted by atomic mass is 9.98. The number of rotatable bonds is 47. The topological polar surface area (TPSA) is 231 Å². The van der Waals surface area contributed by atoms with Gasteiger partial charge in [0.2, 0.25) is 0 Å². The van der Waals surface area contributed by atoms with Crippen molar-refractivity contribution in [2.45, 2.75) is 313 Å². The molecule has 15 heteroatoms. The molecule has 0 saturated carbocycles. The molecule has 2 aliphatic rings. The number of aliphatic hydroxyl groups excluding tert-OH is 7. The summed E-state index contributed by atoms with van der Waals surface area (Å²) in [7, 11) is 0. The van der Waals surface area contributed by atoms with Crippen molar-refractivity contribution in [3.05, 3.63) is 12.2 Å². The fraction of sp³-hybridized carbons (Fsp3) is 0.930. The minimum absolute atomic E-state index is 0.160. The molecule has 424 valence electrons. The smallest absolute Gasteiger partial charge is 0.330 e. The predicted octanol–water partition coefficient (Wildman–Crippen LogP) is 9.72. The van der Waals surface area contributed by atoms with Crippen LogP contribution in [0.2, 0.25) is 0 Å². The summed E-state index contributed by atoms with van der Waals surface area (Å²) in [5.41, 5.74) is 0. The quantitative estimate of drug-likeness (QED) is 0.0171. The first-order valence-corrected chi connectivity index (χ1v) is 29.3. The van der Waals surface area contributed by atoms with Crippen molar-refractivity contribution < 1.29 is 73.8 Å². The van der Waals surface area contributed by atoms with Crippen LogP contribution < -0.4 is 0 Å². The Balaban J connectivity index is 1.76. The van der Waals surface area contributed by atoms with Crippen LogP contribution in [0.1, 0.15) is 245 Å². The third-order valence-corrected chi connectivity index (χ3v) is 14.3. The van der Waals surface area contributed by atoms with Gasteiger partial charge in [-0.1, -0.05) is 225 Å². The molecule has 7 N–H and O–H groups in total. The number of esters is 2. The van der Waals surface area contributed by atoms with Crippen molar-refractivity contribution in [2.75, 3.05) is 26.4 Å². The number of hydrogen-bond acceptors (Lipinski definition) is 15. The third-order valence-electron chi connectivity index (χ3n) is 14.3. The first-order valence-electron chi connectivity index (χ1n) is 29.3. The van der Waals surface area contributed by atoms with Crippen molar-refractivity contribution in [1.29, 1.82) is 0 Å². The molecule has 0 aliphatic carbocycles. The number of hydrogen-bond donors (Lipinski definition) is 7. The Morgan fingerprint density at radius 2 is 0.833 bits per heavy atom. The van der Waals surface area contributed by atoms with Crippen LogP contribution in [0.3, 0.4) is 0 Å². The average molecular weight is 1030 g/mol. The van der Waals surface area contributed by atoms with Crippen LogP contribution in [-0.2, 0) is 38.0 Å². The average Bonchev–Trinajstić information content (AvgIpc) is 3.37. The van der Waals surface area contributed by atoms with Gasteiger partial charge in [0.05, 0.1) is 19.8 Å². The van der Waals surface area contributed by atoms with Crippen molar-refractivity contribution >= 4 is 11.9 Å². The Morgan fingerprint density at radius 1 is 0.458 bits per heavy atom. The lowest BCUT2D eigenvalue weighted by Gasteiger charge is -2.42. The third kappa shape index (κ3) is 31.3. The zero-order valence-corrected chi connectivity index (χ0v) is 45.2. The van der Waals surface area contributed by atoms with Gasteiger partial charge < -0.3 is 64.2 Å². The van der Waals surface area contributed by atoms with E-state index in [-0.39, 0.29) is 13.0 Å². The standard InChI is InChI=1S/C57H106O15/c1-3-5-7-9-11-13-15-17-19-21-22-24-25-27-29-31-33-35-37-39-48(59)67-42-45(70-49(60)40-38-36-34-32-30-28-26-23-20-18-16-14-12-10-8-6-4-2)43-68-56-55(66)53(64)51(62)47(72-56)44-69-57-54(65)52(63)50(61)46(41-58)71-57/h37,39,45-47,50-58,61-66H,3-36,38,40-44H2,1-2H3/b39-37+/t45-,46-,47-,50+,51+,52+,53+,54-,55-,56-,57+/m1/s1. The summed E-state index contributed by atoms with van der Waals surface area (Å²) in [6.45, 7) is 2.57. The van der Waals surface area contributed by atoms with E-state index in [2.05, 4.69) is 13.8 Å². The molecule has 0 aromatic rings. The van der Waals surface area contributed by atoms with Crippen LogP contribution in [-0.4, -0.2) is 142 Å². The minimum Gasteiger partial charge on any atom is -0.458 e. The first-order chi connectivity index (χ1) is 35.0. The fourth-order valence-corrected chi connectivity index (χ4v) is 9.53. The summed E-state index contributed by atoms with van der Waals surface area (Å²) in [5, 5.41) is 72.2. The fourth-order valence-electron chi connectivity index (χ4n) is 9.53. The Kier molecular flexibility index (Phi) is 40.9. The zero-order chi connectivity index (χ0) is 52.4. The van der Waals surface area contributed by atoms with Gasteiger partial charge >= 0.3 is 11.9 Å². The largest absolute Gasteiger partial charge is 0.458 e. The highest BCUT2D eigenvalue weighted by Crippen LogP contribution is 2.27. The summed E-state index contributed by atoms with van der Waals surface area (Å²) in [6, 6.07) is 0. The molecular formula is C57H106O15. The van der Waals surface area contributed by atoms with E-state index < -0.39 is 99.3 Å². The Labute approximate surface area is 435 Å². The molecule has 0 spiro atoms. The van der Waals surface area contributed by atoms with E-state index in [0.29, 0.717) is 6.42 Å². The highest BCUT2D eigenvalue weighted by molar-refractivity contribution is 5.81. The lowest BCUT2D eigenvalue weighted by Crippen LogP contribution is -2.61. The molecular weight excluding hydrogens is 925 g/mol. The van der Waals surface area contributed by atoms with Crippen molar-refractivity contribution in [2.24, 2.45) is 0 Å². The molecule has 72 heavy (non-hydrogen) atoms. The monoisotopic (exact) mass is 1030 g/mol. The van der Waals surface area contributed by atoms with Gasteiger partial charge in [-0.15, -0.1) is 0 Å². The number of carbonyl (C=O) groups is 2. The summed E-state index contributed by atoms with van der Waals surface area (Å²) < 4.78 is 33.6. The normalized spacial score (nSPS) is 25.0. The highest BCUT2D eigenvalue weighted by atomic mass is 16.7. The molecule has 0 aromatic heterocycles. The molecule has 0 aromatic carbocycles. The van der Waals surface area contributed by atoms with E-state index in [1.807, 2.05) is 0 Å². The number of carbonyl (C=O) groups excluding carboxylic acids is 2. The van der Waals surface area contributed by atoms with Crippen molar-refractivity contribution in [3.8, 4) is 0 Å². The maximum Gasteiger partial charge on any atom is 0.330 e. The van der Waals surface area contributed by atoms with Crippen LogP contribution in [0, 0.1) is 0 Å². The summed E-state index contributed by atoms with van der Waals surface area (Å²) in [5.74, 6) is -1.10. The summed E-state index contributed by atoms with van der Waals surface area (Å²) >= 11 is 0. The number of ether oxygens (including phenoxy) is 6. The molecule has 0 unspecified atom stereocenters. The van der Waals surface area contributed by atoms with E-state index in [1.165, 1.54) is 186 Å². The molecule has 0 radical (unpaired) electrons. The van der Waals surface area contributed by atoms with Crippen LogP contribution in [0.4, 0.5) is 0 Å². The van der Waals surface area contributed by atoms with Crippen molar-refractivity contribution in [1.82, 2.24) is 0 Å². The maximum atomic E-state index is 13.0. The Hall–Kier alpha value is -1.76. The number of unbranched alkanes of at least 4 members (excludes halogenated alkanes) is 33. The first kappa shape index (κ1) is 66.4. The molecule has 0 bridgehead atoms. The number of aliphatic hydroxyl groups is 7. The molecule has 2 aliphatic heterocycles. The van der Waals surface area contributed by atoms with E-state index in [9.17, 15) is 45.3 Å². The predicted molar refractivity (Wildman–Crippen MR) is 280 cm³/mol. The molecule has 2 fully saturated rings. The van der Waals surface area contributed by atoms with Crippen molar-refractivity contribution in [3.63, 3.8) is 0 Å². The Bertz CT molecular complexity index is 1300. The van der Waals surface area contributed by atoms with Gasteiger partial charge in [0.25, 0.3) is 0 Å². The van der Waals surface area contributed by atoms with Crippen LogP contribution in [0.15, 0.2) is 12.2 Å². The van der Waals surface area contributed by atoms with E-state index >= 15 is 0 Å². The molecule has 15 nitrogen and oxygen atoms in total. The SMILES string of the molecule is CCCCCCCCCCCCCCCCCCC/C=C/C(=O)OC[C@H](CO[C@@H]1O[C@H](CO[C@H]2O[C@H](CO)[C@H](O)[C@H](O)[C@H]2O)[C@H](O)[C@H](O)[C@H]1O)OC(=O)CCCCCCCCCCCCCCCCCCC. The lowest BCUT2D eigenvalue weighted by molar-refractivity contribution is -0.332. The van der Waals surface area contributed by atoms with E-state index in [4.69, 9.17) is 28.4 Å². The van der Waals surface area contributed by atoms with Gasteiger partial charge in [-0.25, -0.2) is 4.79 Å². The van der Waals surface area contributed by atoms with Crippen LogP contribution in [0.25, 0.3) is 0 Å². The molecule has 2 heterocycles. The highest BCUT2D eigenvalue weighted by Gasteiger charge is 2.47. The van der Waals surface area contributed by atoms with Gasteiger partial charge in [-0.05, 0) is 19.3 Å². The van der Waals surface area contributed by atoms with E-state index in [0.717, 1.165) is 38.5 Å². The van der Waals surface area contributed by atoms with Crippen LogP contribution >= 0.6 is 0 Å². The van der Waals surface area contributed by atoms with Gasteiger partial charge in [0.15, 0.2) is 18.7 Å². The summed E-state index contributed by atoms with van der Waals surface area (Å²) in [6.07, 6.45) is 29.9. The van der Waals surface area contributed by atoms with Gasteiger partial charge in [0, 0.05) is 12.5 Å². The molecule has 0 amide bonds. The molecule has 2 saturated heterocycles. The number of allylic oxidation sites excluding steroid dienone is 1. The molecule has 11 atom stereocenters. The zero-order valence-electron chi connectivity index (χ0n) is 45.2. The van der Waals surface area contributed by atoms with Crippen LogP contribution in [0.5, 0.6) is 0 Å². The minimum atomic E-state index is -1.77.